The average Bonchev–Trinajstić information content (AvgIpc) is 2.75. The first-order valence-corrected chi connectivity index (χ1v) is 5.49. The average molecular weight is 237 g/mol. The summed E-state index contributed by atoms with van der Waals surface area (Å²) in [5.41, 5.74) is 1.89. The predicted molar refractivity (Wildman–Crippen MR) is 64.0 cm³/mol. The Morgan fingerprint density at radius 3 is 3.06 bits per heavy atom. The molecule has 0 amide bonds. The van der Waals surface area contributed by atoms with Gasteiger partial charge in [-0.1, -0.05) is 22.9 Å². The Kier molecular flexibility index (Phi) is 3.54. The standard InChI is InChI=1S/C11H13ClN4/c1-13-6-5-10-8-16(15-14-10)11-4-2-3-9(12)7-11/h2-4,7-8,13H,5-6H2,1H3. The molecule has 0 aliphatic heterocycles. The number of hydrogen-bond donors (Lipinski definition) is 1. The van der Waals surface area contributed by atoms with Crippen molar-refractivity contribution in [3.05, 3.63) is 41.2 Å². The van der Waals surface area contributed by atoms with Gasteiger partial charge in [-0.25, -0.2) is 4.68 Å². The van der Waals surface area contributed by atoms with Crippen LogP contribution in [0, 0.1) is 0 Å². The number of nitrogens with one attached hydrogen (secondary N) is 1. The van der Waals surface area contributed by atoms with Crippen molar-refractivity contribution in [2.75, 3.05) is 13.6 Å². The second kappa shape index (κ2) is 5.09. The fraction of sp³-hybridized carbons (Fsp3) is 0.273. The summed E-state index contributed by atoms with van der Waals surface area (Å²) >= 11 is 5.91. The van der Waals surface area contributed by atoms with Crippen molar-refractivity contribution >= 4 is 11.6 Å². The van der Waals surface area contributed by atoms with Crippen LogP contribution in [0.4, 0.5) is 0 Å². The van der Waals surface area contributed by atoms with Crippen LogP contribution >= 0.6 is 11.6 Å². The fourth-order valence-electron chi connectivity index (χ4n) is 1.41. The maximum absolute atomic E-state index is 5.91. The molecule has 5 heteroatoms. The maximum atomic E-state index is 5.91. The van der Waals surface area contributed by atoms with Crippen LogP contribution < -0.4 is 5.32 Å². The molecule has 0 atom stereocenters. The van der Waals surface area contributed by atoms with Crippen molar-refractivity contribution in [2.24, 2.45) is 0 Å². The Balaban J connectivity index is 2.18. The summed E-state index contributed by atoms with van der Waals surface area (Å²) in [6.07, 6.45) is 2.79. The Bertz CT molecular complexity index is 467. The molecule has 0 saturated carbocycles. The molecule has 1 aromatic heterocycles. The normalized spacial score (nSPS) is 10.6. The van der Waals surface area contributed by atoms with Gasteiger partial charge in [-0.15, -0.1) is 5.10 Å². The summed E-state index contributed by atoms with van der Waals surface area (Å²) in [6, 6.07) is 7.54. The van der Waals surface area contributed by atoms with Crippen molar-refractivity contribution in [1.29, 1.82) is 0 Å². The van der Waals surface area contributed by atoms with E-state index in [-0.39, 0.29) is 0 Å². The van der Waals surface area contributed by atoms with Crippen LogP contribution in [0.5, 0.6) is 0 Å². The van der Waals surface area contributed by atoms with Gasteiger partial charge in [-0.3, -0.25) is 0 Å². The fourth-order valence-corrected chi connectivity index (χ4v) is 1.60. The quantitative estimate of drug-likeness (QED) is 0.879. The number of nitrogens with zero attached hydrogens (tertiary/aromatic N) is 3. The van der Waals surface area contributed by atoms with Gasteiger partial charge in [0.05, 0.1) is 17.6 Å². The van der Waals surface area contributed by atoms with Crippen molar-refractivity contribution in [2.45, 2.75) is 6.42 Å². The molecule has 1 N–H and O–H groups in total. The van der Waals surface area contributed by atoms with Gasteiger partial charge in [0.15, 0.2) is 0 Å². The molecule has 0 saturated heterocycles. The molecule has 4 nitrogen and oxygen atoms in total. The van der Waals surface area contributed by atoms with Crippen LogP contribution in [0.3, 0.4) is 0 Å². The summed E-state index contributed by atoms with van der Waals surface area (Å²) < 4.78 is 1.73. The molecule has 0 aliphatic rings. The molecule has 0 radical (unpaired) electrons. The number of benzene rings is 1. The third kappa shape index (κ3) is 2.59. The first-order chi connectivity index (χ1) is 7.79. The monoisotopic (exact) mass is 236 g/mol. The van der Waals surface area contributed by atoms with Crippen LogP contribution in [0.15, 0.2) is 30.5 Å². The third-order valence-corrected chi connectivity index (χ3v) is 2.48. The van der Waals surface area contributed by atoms with E-state index in [1.165, 1.54) is 0 Å². The minimum Gasteiger partial charge on any atom is -0.319 e. The minimum atomic E-state index is 0.699. The van der Waals surface area contributed by atoms with Crippen molar-refractivity contribution in [3.8, 4) is 5.69 Å². The Hall–Kier alpha value is -1.39. The molecule has 0 unspecified atom stereocenters. The lowest BCUT2D eigenvalue weighted by Crippen LogP contribution is -2.10. The Labute approximate surface area is 99.2 Å². The van der Waals surface area contributed by atoms with Crippen molar-refractivity contribution in [1.82, 2.24) is 20.3 Å². The molecule has 0 aliphatic carbocycles. The number of halogens is 1. The molecule has 84 valence electrons. The second-order valence-electron chi connectivity index (χ2n) is 3.49. The zero-order valence-corrected chi connectivity index (χ0v) is 9.78. The third-order valence-electron chi connectivity index (χ3n) is 2.24. The SMILES string of the molecule is CNCCc1cn(-c2cccc(Cl)c2)nn1. The highest BCUT2D eigenvalue weighted by Gasteiger charge is 2.02. The summed E-state index contributed by atoms with van der Waals surface area (Å²) in [5, 5.41) is 11.9. The van der Waals surface area contributed by atoms with Crippen LogP contribution in [0.1, 0.15) is 5.69 Å². The minimum absolute atomic E-state index is 0.699. The van der Waals surface area contributed by atoms with Gasteiger partial charge in [0.25, 0.3) is 0 Å². The van der Waals surface area contributed by atoms with Gasteiger partial charge in [0.1, 0.15) is 0 Å². The highest BCUT2D eigenvalue weighted by molar-refractivity contribution is 6.30. The topological polar surface area (TPSA) is 42.7 Å². The second-order valence-corrected chi connectivity index (χ2v) is 3.92. The number of rotatable bonds is 4. The van der Waals surface area contributed by atoms with Gasteiger partial charge >= 0.3 is 0 Å². The van der Waals surface area contributed by atoms with Gasteiger partial charge < -0.3 is 5.32 Å². The largest absolute Gasteiger partial charge is 0.319 e. The zero-order chi connectivity index (χ0) is 11.4. The summed E-state index contributed by atoms with van der Waals surface area (Å²) in [4.78, 5) is 0. The highest BCUT2D eigenvalue weighted by atomic mass is 35.5. The number of aromatic nitrogens is 3. The van der Waals surface area contributed by atoms with E-state index in [2.05, 4.69) is 15.6 Å². The van der Waals surface area contributed by atoms with Gasteiger partial charge in [0, 0.05) is 18.0 Å². The Morgan fingerprint density at radius 1 is 1.44 bits per heavy atom. The van der Waals surface area contributed by atoms with Crippen molar-refractivity contribution in [3.63, 3.8) is 0 Å². The van der Waals surface area contributed by atoms with E-state index in [4.69, 9.17) is 11.6 Å². The van der Waals surface area contributed by atoms with E-state index in [0.29, 0.717) is 5.02 Å². The van der Waals surface area contributed by atoms with E-state index in [1.807, 2.05) is 37.5 Å². The lowest BCUT2D eigenvalue weighted by Gasteiger charge is -1.99. The summed E-state index contributed by atoms with van der Waals surface area (Å²) in [5.74, 6) is 0. The molecule has 2 aromatic rings. The van der Waals surface area contributed by atoms with Gasteiger partial charge in [0.2, 0.25) is 0 Å². The smallest absolute Gasteiger partial charge is 0.0844 e. The number of hydrogen-bond acceptors (Lipinski definition) is 3. The summed E-state index contributed by atoms with van der Waals surface area (Å²) in [6.45, 7) is 0.897. The summed E-state index contributed by atoms with van der Waals surface area (Å²) in [7, 11) is 1.92. The molecule has 0 bridgehead atoms. The molecule has 1 heterocycles. The number of likely N-dealkylation sites (N-methyl/N-ethyl adjacent to an activating group) is 1. The Morgan fingerprint density at radius 2 is 2.31 bits per heavy atom. The van der Waals surface area contributed by atoms with E-state index >= 15 is 0 Å². The highest BCUT2D eigenvalue weighted by Crippen LogP contribution is 2.13. The van der Waals surface area contributed by atoms with Crippen LogP contribution in [0.25, 0.3) is 5.69 Å². The van der Waals surface area contributed by atoms with Gasteiger partial charge in [-0.2, -0.15) is 0 Å². The maximum Gasteiger partial charge on any atom is 0.0844 e. The first kappa shape index (κ1) is 11.1. The van der Waals surface area contributed by atoms with Crippen molar-refractivity contribution < 1.29 is 0 Å². The first-order valence-electron chi connectivity index (χ1n) is 5.11. The zero-order valence-electron chi connectivity index (χ0n) is 9.02. The molecule has 1 aromatic carbocycles. The molecule has 0 fully saturated rings. The van der Waals surface area contributed by atoms with E-state index in [9.17, 15) is 0 Å². The van der Waals surface area contributed by atoms with E-state index in [0.717, 1.165) is 24.3 Å². The molecular formula is C11H13ClN4. The molecule has 0 spiro atoms. The van der Waals surface area contributed by atoms with Crippen LogP contribution in [-0.2, 0) is 6.42 Å². The predicted octanol–water partition coefficient (Wildman–Crippen LogP) is 1.68. The molecular weight excluding hydrogens is 224 g/mol. The van der Waals surface area contributed by atoms with E-state index in [1.54, 1.807) is 4.68 Å². The molecule has 2 rings (SSSR count). The lowest BCUT2D eigenvalue weighted by molar-refractivity contribution is 0.763. The lowest BCUT2D eigenvalue weighted by atomic mass is 10.3. The van der Waals surface area contributed by atoms with Crippen LogP contribution in [0.2, 0.25) is 5.02 Å². The van der Waals surface area contributed by atoms with E-state index < -0.39 is 0 Å². The molecule has 16 heavy (non-hydrogen) atoms. The van der Waals surface area contributed by atoms with Crippen LogP contribution in [-0.4, -0.2) is 28.6 Å². The van der Waals surface area contributed by atoms with Gasteiger partial charge in [-0.05, 0) is 25.2 Å².